The molecule has 3 heterocycles. The summed E-state index contributed by atoms with van der Waals surface area (Å²) in [6, 6.07) is 1.40. The molecule has 9 heteroatoms. The van der Waals surface area contributed by atoms with E-state index in [0.29, 0.717) is 35.0 Å². The Morgan fingerprint density at radius 2 is 2.38 bits per heavy atom. The predicted molar refractivity (Wildman–Crippen MR) is 94.5 cm³/mol. The number of amides is 3. The summed E-state index contributed by atoms with van der Waals surface area (Å²) in [6.07, 6.45) is 1.62. The van der Waals surface area contributed by atoms with E-state index < -0.39 is 5.25 Å². The number of allylic oxidation sites excluding steroid dienone is 1. The molecular weight excluding hydrogens is 348 g/mol. The van der Waals surface area contributed by atoms with Crippen LogP contribution in [0, 0.1) is 0 Å². The van der Waals surface area contributed by atoms with Crippen molar-refractivity contribution in [3.63, 3.8) is 0 Å². The maximum Gasteiger partial charge on any atom is 0.324 e. The minimum absolute atomic E-state index is 0.143. The molecule has 0 radical (unpaired) electrons. The number of hydrogen-bond donors (Lipinski definition) is 1. The molecular formula is C15H16N4O3S2. The Bertz CT molecular complexity index is 873. The van der Waals surface area contributed by atoms with Gasteiger partial charge in [-0.3, -0.25) is 19.1 Å². The van der Waals surface area contributed by atoms with Crippen molar-refractivity contribution in [2.45, 2.75) is 23.9 Å². The molecule has 1 saturated heterocycles. The Labute approximate surface area is 146 Å². The summed E-state index contributed by atoms with van der Waals surface area (Å²) in [7, 11) is 0. The summed E-state index contributed by atoms with van der Waals surface area (Å²) in [5.41, 5.74) is 0.474. The van der Waals surface area contributed by atoms with Gasteiger partial charge in [0.1, 0.15) is 4.70 Å². The van der Waals surface area contributed by atoms with Crippen molar-refractivity contribution in [3.05, 3.63) is 34.5 Å². The number of imide groups is 1. The second kappa shape index (κ2) is 6.78. The molecule has 0 saturated carbocycles. The van der Waals surface area contributed by atoms with Crippen molar-refractivity contribution in [2.24, 2.45) is 0 Å². The largest absolute Gasteiger partial charge is 0.336 e. The monoisotopic (exact) mass is 364 g/mol. The molecule has 1 aliphatic heterocycles. The summed E-state index contributed by atoms with van der Waals surface area (Å²) in [4.78, 5) is 42.3. The van der Waals surface area contributed by atoms with E-state index >= 15 is 0 Å². The minimum Gasteiger partial charge on any atom is -0.336 e. The SMILES string of the molecule is C=CCn1c(S[C@@H](C)C(=O)N2CCNC2=O)nc2ccsc2c1=O. The third-order valence-electron chi connectivity index (χ3n) is 3.60. The lowest BCUT2D eigenvalue weighted by Crippen LogP contribution is -2.39. The van der Waals surface area contributed by atoms with Crippen LogP contribution in [0.5, 0.6) is 0 Å². The van der Waals surface area contributed by atoms with Gasteiger partial charge in [-0.05, 0) is 18.4 Å². The van der Waals surface area contributed by atoms with Gasteiger partial charge in [-0.25, -0.2) is 9.78 Å². The first-order valence-corrected chi connectivity index (χ1v) is 9.13. The van der Waals surface area contributed by atoms with Crippen LogP contribution in [-0.4, -0.2) is 44.7 Å². The lowest BCUT2D eigenvalue weighted by Gasteiger charge is -2.18. The van der Waals surface area contributed by atoms with Crippen molar-refractivity contribution in [1.29, 1.82) is 0 Å². The van der Waals surface area contributed by atoms with E-state index in [0.717, 1.165) is 0 Å². The van der Waals surface area contributed by atoms with Crippen molar-refractivity contribution >= 4 is 45.3 Å². The lowest BCUT2D eigenvalue weighted by atomic mass is 10.4. The molecule has 126 valence electrons. The normalized spacial score (nSPS) is 15.5. The van der Waals surface area contributed by atoms with Gasteiger partial charge in [0.2, 0.25) is 5.91 Å². The molecule has 3 amide bonds. The van der Waals surface area contributed by atoms with Crippen molar-refractivity contribution in [2.75, 3.05) is 13.1 Å². The number of nitrogens with zero attached hydrogens (tertiary/aromatic N) is 3. The number of hydrogen-bond acceptors (Lipinski definition) is 6. The average molecular weight is 364 g/mol. The third-order valence-corrected chi connectivity index (χ3v) is 5.56. The summed E-state index contributed by atoms with van der Waals surface area (Å²) in [6.45, 7) is 6.51. The van der Waals surface area contributed by atoms with Crippen molar-refractivity contribution in [3.8, 4) is 0 Å². The van der Waals surface area contributed by atoms with Gasteiger partial charge in [0.05, 0.1) is 10.8 Å². The van der Waals surface area contributed by atoms with E-state index in [1.807, 2.05) is 5.38 Å². The first-order valence-electron chi connectivity index (χ1n) is 7.37. The van der Waals surface area contributed by atoms with Crippen LogP contribution in [0.3, 0.4) is 0 Å². The Hall–Kier alpha value is -2.13. The van der Waals surface area contributed by atoms with Gasteiger partial charge in [0, 0.05) is 19.6 Å². The molecule has 0 spiro atoms. The van der Waals surface area contributed by atoms with E-state index in [-0.39, 0.29) is 17.5 Å². The number of carbonyl (C=O) groups is 2. The average Bonchev–Trinajstić information content (AvgIpc) is 3.19. The summed E-state index contributed by atoms with van der Waals surface area (Å²) in [5, 5.41) is 4.34. The molecule has 2 aromatic heterocycles. The van der Waals surface area contributed by atoms with Gasteiger partial charge < -0.3 is 5.32 Å². The first-order chi connectivity index (χ1) is 11.5. The molecule has 0 unspecified atom stereocenters. The standard InChI is InChI=1S/C15H16N4O3S2/c1-3-6-19-13(21)11-10(4-8-23-11)17-15(19)24-9(2)12(20)18-7-5-16-14(18)22/h3-4,8-9H,1,5-7H2,2H3,(H,16,22)/t9-/m0/s1. The maximum absolute atomic E-state index is 12.6. The Kier molecular flexibility index (Phi) is 4.72. The fourth-order valence-corrected chi connectivity index (χ4v) is 4.17. The topological polar surface area (TPSA) is 84.3 Å². The molecule has 1 aliphatic rings. The molecule has 0 aromatic carbocycles. The van der Waals surface area contributed by atoms with Crippen LogP contribution in [0.2, 0.25) is 0 Å². The highest BCUT2D eigenvalue weighted by Gasteiger charge is 2.31. The molecule has 1 atom stereocenters. The number of nitrogens with one attached hydrogen (secondary N) is 1. The molecule has 24 heavy (non-hydrogen) atoms. The van der Waals surface area contributed by atoms with Gasteiger partial charge >= 0.3 is 6.03 Å². The van der Waals surface area contributed by atoms with Gasteiger partial charge in [-0.15, -0.1) is 17.9 Å². The molecule has 1 N–H and O–H groups in total. The van der Waals surface area contributed by atoms with Crippen LogP contribution in [0.25, 0.3) is 10.2 Å². The van der Waals surface area contributed by atoms with E-state index in [4.69, 9.17) is 0 Å². The van der Waals surface area contributed by atoms with Gasteiger partial charge in [-0.2, -0.15) is 0 Å². The third kappa shape index (κ3) is 2.96. The predicted octanol–water partition coefficient (Wildman–Crippen LogP) is 1.68. The lowest BCUT2D eigenvalue weighted by molar-refractivity contribution is -0.126. The van der Waals surface area contributed by atoms with Crippen LogP contribution in [-0.2, 0) is 11.3 Å². The van der Waals surface area contributed by atoms with Crippen LogP contribution < -0.4 is 10.9 Å². The molecule has 1 fully saturated rings. The zero-order valence-electron chi connectivity index (χ0n) is 13.0. The highest BCUT2D eigenvalue weighted by molar-refractivity contribution is 8.00. The number of aromatic nitrogens is 2. The van der Waals surface area contributed by atoms with Crippen molar-refractivity contribution in [1.82, 2.24) is 19.8 Å². The molecule has 7 nitrogen and oxygen atoms in total. The number of fused-ring (bicyclic) bond motifs is 1. The molecule has 3 rings (SSSR count). The maximum atomic E-state index is 12.6. The fourth-order valence-electron chi connectivity index (χ4n) is 2.41. The zero-order chi connectivity index (χ0) is 17.3. The fraction of sp³-hybridized carbons (Fsp3) is 0.333. The summed E-state index contributed by atoms with van der Waals surface area (Å²) >= 11 is 2.52. The molecule has 2 aromatic rings. The summed E-state index contributed by atoms with van der Waals surface area (Å²) < 4.78 is 2.09. The number of urea groups is 1. The highest BCUT2D eigenvalue weighted by atomic mass is 32.2. The van der Waals surface area contributed by atoms with E-state index in [2.05, 4.69) is 16.9 Å². The van der Waals surface area contributed by atoms with Crippen LogP contribution in [0.1, 0.15) is 6.92 Å². The van der Waals surface area contributed by atoms with Gasteiger partial charge in [0.25, 0.3) is 5.56 Å². The Morgan fingerprint density at radius 1 is 1.58 bits per heavy atom. The molecule has 0 aliphatic carbocycles. The van der Waals surface area contributed by atoms with E-state index in [1.54, 1.807) is 19.1 Å². The van der Waals surface area contributed by atoms with E-state index in [1.165, 1.54) is 32.6 Å². The second-order valence-electron chi connectivity index (χ2n) is 5.22. The Balaban J connectivity index is 1.92. The zero-order valence-corrected chi connectivity index (χ0v) is 14.7. The van der Waals surface area contributed by atoms with Gasteiger partial charge in [0.15, 0.2) is 5.16 Å². The number of thioether (sulfide) groups is 1. The quantitative estimate of drug-likeness (QED) is 0.496. The minimum atomic E-state index is -0.534. The van der Waals surface area contributed by atoms with Crippen LogP contribution in [0.15, 0.2) is 34.1 Å². The highest BCUT2D eigenvalue weighted by Crippen LogP contribution is 2.25. The number of thiophene rings is 1. The van der Waals surface area contributed by atoms with Crippen molar-refractivity contribution < 1.29 is 9.59 Å². The number of rotatable bonds is 5. The molecule has 0 bridgehead atoms. The summed E-state index contributed by atoms with van der Waals surface area (Å²) in [5.74, 6) is -0.292. The second-order valence-corrected chi connectivity index (χ2v) is 7.44. The van der Waals surface area contributed by atoms with E-state index in [9.17, 15) is 14.4 Å². The number of carbonyl (C=O) groups excluding carboxylic acids is 2. The Morgan fingerprint density at radius 3 is 3.04 bits per heavy atom. The first kappa shape index (κ1) is 16.7. The van der Waals surface area contributed by atoms with Gasteiger partial charge in [-0.1, -0.05) is 17.8 Å². The van der Waals surface area contributed by atoms with Crippen LogP contribution >= 0.6 is 23.1 Å². The van der Waals surface area contributed by atoms with Crippen LogP contribution in [0.4, 0.5) is 4.79 Å². The smallest absolute Gasteiger partial charge is 0.324 e.